The number of imidazole rings is 1. The van der Waals surface area contributed by atoms with Crippen molar-refractivity contribution >= 4 is 22.4 Å². The van der Waals surface area contributed by atoms with Gasteiger partial charge in [0.05, 0.1) is 18.5 Å². The Balaban J connectivity index is 1.75. The summed E-state index contributed by atoms with van der Waals surface area (Å²) in [6, 6.07) is 12.2. The second kappa shape index (κ2) is 5.73. The summed E-state index contributed by atoms with van der Waals surface area (Å²) < 4.78 is 6.91. The number of hydrogen-bond acceptors (Lipinski definition) is 4. The van der Waals surface area contributed by atoms with Crippen LogP contribution in [0.2, 0.25) is 0 Å². The molecule has 2 N–H and O–H groups in total. The van der Waals surface area contributed by atoms with Crippen molar-refractivity contribution in [2.45, 2.75) is 0 Å². The molecule has 0 saturated heterocycles. The zero-order valence-corrected chi connectivity index (χ0v) is 12.8. The van der Waals surface area contributed by atoms with Crippen molar-refractivity contribution in [3.63, 3.8) is 0 Å². The van der Waals surface area contributed by atoms with Gasteiger partial charge in [-0.3, -0.25) is 0 Å². The van der Waals surface area contributed by atoms with Crippen molar-refractivity contribution < 1.29 is 4.74 Å². The summed E-state index contributed by atoms with van der Waals surface area (Å²) in [5.41, 5.74) is 4.01. The van der Waals surface area contributed by atoms with Gasteiger partial charge < -0.3 is 15.0 Å². The summed E-state index contributed by atoms with van der Waals surface area (Å²) in [5.74, 6) is 0.802. The number of methoxy groups -OCH3 is 1. The van der Waals surface area contributed by atoms with Gasteiger partial charge in [0, 0.05) is 36.3 Å². The number of fused-ring (bicyclic) bond motifs is 2. The van der Waals surface area contributed by atoms with Crippen molar-refractivity contribution in [2.24, 2.45) is 0 Å². The lowest BCUT2D eigenvalue weighted by molar-refractivity contribution is 0.210. The van der Waals surface area contributed by atoms with Crippen molar-refractivity contribution in [1.82, 2.24) is 19.6 Å². The first-order chi connectivity index (χ1) is 11.3. The molecule has 0 radical (unpaired) electrons. The fraction of sp³-hybridized carbons (Fsp3) is 0.176. The zero-order valence-electron chi connectivity index (χ0n) is 12.8. The van der Waals surface area contributed by atoms with Gasteiger partial charge in [-0.05, 0) is 30.3 Å². The molecule has 0 unspecified atom stereocenters. The van der Waals surface area contributed by atoms with E-state index in [1.54, 1.807) is 7.11 Å². The van der Waals surface area contributed by atoms with Crippen LogP contribution >= 0.6 is 0 Å². The third-order valence-corrected chi connectivity index (χ3v) is 3.82. The number of anilines is 1. The highest BCUT2D eigenvalue weighted by atomic mass is 16.5. The molecule has 0 aliphatic carbocycles. The van der Waals surface area contributed by atoms with E-state index in [1.807, 2.05) is 29.0 Å². The second-order valence-corrected chi connectivity index (χ2v) is 5.33. The molecule has 6 heteroatoms. The molecule has 4 aromatic rings. The fourth-order valence-electron chi connectivity index (χ4n) is 2.66. The maximum Gasteiger partial charge on any atom is 0.154 e. The molecule has 0 fully saturated rings. The fourth-order valence-corrected chi connectivity index (χ4v) is 2.66. The number of hydrogen-bond donors (Lipinski definition) is 2. The van der Waals surface area contributed by atoms with E-state index in [0.29, 0.717) is 13.2 Å². The summed E-state index contributed by atoms with van der Waals surface area (Å²) in [6.07, 6.45) is 3.80. The number of nitrogens with zero attached hydrogens (tertiary/aromatic N) is 3. The summed E-state index contributed by atoms with van der Waals surface area (Å²) in [5, 5.41) is 9.05. The van der Waals surface area contributed by atoms with E-state index in [0.717, 1.165) is 28.2 Å². The highest BCUT2D eigenvalue weighted by Crippen LogP contribution is 2.24. The first-order valence-corrected chi connectivity index (χ1v) is 7.50. The van der Waals surface area contributed by atoms with E-state index in [9.17, 15) is 0 Å². The van der Waals surface area contributed by atoms with Gasteiger partial charge >= 0.3 is 0 Å². The molecule has 6 nitrogen and oxygen atoms in total. The molecule has 0 saturated carbocycles. The smallest absolute Gasteiger partial charge is 0.154 e. The largest absolute Gasteiger partial charge is 0.383 e. The quantitative estimate of drug-likeness (QED) is 0.556. The highest BCUT2D eigenvalue weighted by Gasteiger charge is 2.09. The Morgan fingerprint density at radius 3 is 3.09 bits per heavy atom. The van der Waals surface area contributed by atoms with E-state index >= 15 is 0 Å². The predicted molar refractivity (Wildman–Crippen MR) is 90.6 cm³/mol. The first kappa shape index (κ1) is 13.8. The van der Waals surface area contributed by atoms with Crippen LogP contribution in [-0.4, -0.2) is 39.8 Å². The molecular weight excluding hydrogens is 290 g/mol. The van der Waals surface area contributed by atoms with E-state index in [1.165, 1.54) is 5.39 Å². The molecule has 3 heterocycles. The average molecular weight is 307 g/mol. The Labute approximate surface area is 133 Å². The third kappa shape index (κ3) is 2.53. The van der Waals surface area contributed by atoms with Crippen molar-refractivity contribution in [2.75, 3.05) is 25.6 Å². The number of benzene rings is 1. The molecule has 3 aromatic heterocycles. The molecule has 0 atom stereocenters. The molecule has 4 rings (SSSR count). The summed E-state index contributed by atoms with van der Waals surface area (Å²) >= 11 is 0. The number of nitrogens with one attached hydrogen (secondary N) is 2. The number of ether oxygens (including phenoxy) is 1. The van der Waals surface area contributed by atoms with Gasteiger partial charge in [0.2, 0.25) is 0 Å². The molecule has 0 aliphatic heterocycles. The molecule has 116 valence electrons. The van der Waals surface area contributed by atoms with Crippen LogP contribution in [0.4, 0.5) is 5.82 Å². The Kier molecular flexibility index (Phi) is 3.44. The average Bonchev–Trinajstić information content (AvgIpc) is 3.20. The van der Waals surface area contributed by atoms with E-state index in [2.05, 4.69) is 44.6 Å². The maximum atomic E-state index is 5.05. The highest BCUT2D eigenvalue weighted by molar-refractivity contribution is 5.84. The van der Waals surface area contributed by atoms with Gasteiger partial charge in [0.1, 0.15) is 5.82 Å². The Morgan fingerprint density at radius 2 is 2.17 bits per heavy atom. The third-order valence-electron chi connectivity index (χ3n) is 3.82. The lowest BCUT2D eigenvalue weighted by Gasteiger charge is -2.06. The van der Waals surface area contributed by atoms with E-state index < -0.39 is 0 Å². The number of aromatic nitrogens is 4. The Morgan fingerprint density at radius 1 is 1.22 bits per heavy atom. The molecule has 0 aliphatic rings. The standard InChI is InChI=1S/C17H17N5O/c1-23-9-8-19-16-4-5-17-20-11-15(22(17)21-16)13-2-3-14-12(10-13)6-7-18-14/h2-7,10-11,18H,8-9H2,1H3,(H,19,21). The Bertz CT molecular complexity index is 956. The molecule has 0 spiro atoms. The molecule has 0 amide bonds. The van der Waals surface area contributed by atoms with Gasteiger partial charge in [0.25, 0.3) is 0 Å². The van der Waals surface area contributed by atoms with Gasteiger partial charge in [-0.1, -0.05) is 6.07 Å². The van der Waals surface area contributed by atoms with Crippen LogP contribution in [0.1, 0.15) is 0 Å². The topological polar surface area (TPSA) is 67.2 Å². The normalized spacial score (nSPS) is 11.3. The lowest BCUT2D eigenvalue weighted by Crippen LogP contribution is -2.10. The van der Waals surface area contributed by atoms with Crippen molar-refractivity contribution in [3.05, 3.63) is 48.8 Å². The second-order valence-electron chi connectivity index (χ2n) is 5.33. The van der Waals surface area contributed by atoms with Crippen LogP contribution in [-0.2, 0) is 4.74 Å². The van der Waals surface area contributed by atoms with Crippen molar-refractivity contribution in [3.8, 4) is 11.3 Å². The maximum absolute atomic E-state index is 5.05. The predicted octanol–water partition coefficient (Wildman–Crippen LogP) is 2.94. The minimum absolute atomic E-state index is 0.640. The van der Waals surface area contributed by atoms with Gasteiger partial charge in [-0.15, -0.1) is 5.10 Å². The SMILES string of the molecule is COCCNc1ccc2ncc(-c3ccc4[nH]ccc4c3)n2n1. The molecular formula is C17H17N5O. The van der Waals surface area contributed by atoms with Crippen molar-refractivity contribution in [1.29, 1.82) is 0 Å². The van der Waals surface area contributed by atoms with Crippen LogP contribution in [0.25, 0.3) is 27.8 Å². The molecule has 1 aromatic carbocycles. The van der Waals surface area contributed by atoms with Gasteiger partial charge in [-0.25, -0.2) is 9.50 Å². The monoisotopic (exact) mass is 307 g/mol. The van der Waals surface area contributed by atoms with Crippen LogP contribution in [0.3, 0.4) is 0 Å². The van der Waals surface area contributed by atoms with Gasteiger partial charge in [0.15, 0.2) is 5.65 Å². The van der Waals surface area contributed by atoms with Crippen LogP contribution in [0, 0.1) is 0 Å². The lowest BCUT2D eigenvalue weighted by atomic mass is 10.1. The molecule has 23 heavy (non-hydrogen) atoms. The summed E-state index contributed by atoms with van der Waals surface area (Å²) in [6.45, 7) is 1.36. The summed E-state index contributed by atoms with van der Waals surface area (Å²) in [4.78, 5) is 7.65. The first-order valence-electron chi connectivity index (χ1n) is 7.50. The zero-order chi connectivity index (χ0) is 15.6. The van der Waals surface area contributed by atoms with E-state index in [-0.39, 0.29) is 0 Å². The Hall–Kier alpha value is -2.86. The number of aromatic amines is 1. The number of rotatable bonds is 5. The van der Waals surface area contributed by atoms with E-state index in [4.69, 9.17) is 4.74 Å². The number of H-pyrrole nitrogens is 1. The van der Waals surface area contributed by atoms with Crippen LogP contribution in [0.5, 0.6) is 0 Å². The summed E-state index contributed by atoms with van der Waals surface area (Å²) in [7, 11) is 1.68. The van der Waals surface area contributed by atoms with Crippen LogP contribution < -0.4 is 5.32 Å². The minimum atomic E-state index is 0.640. The molecule has 0 bridgehead atoms. The van der Waals surface area contributed by atoms with Crippen LogP contribution in [0.15, 0.2) is 48.8 Å². The minimum Gasteiger partial charge on any atom is -0.383 e. The van der Waals surface area contributed by atoms with Gasteiger partial charge in [-0.2, -0.15) is 0 Å².